The lowest BCUT2D eigenvalue weighted by molar-refractivity contribution is -0.136. The lowest BCUT2D eigenvalue weighted by Gasteiger charge is -2.41. The molecule has 1 N–H and O–H groups in total. The van der Waals surface area contributed by atoms with E-state index < -0.39 is 24.3 Å². The van der Waals surface area contributed by atoms with E-state index in [4.69, 9.17) is 9.73 Å². The molecule has 0 aliphatic carbocycles. The Hall–Kier alpha value is -3.59. The standard InChI is InChI=1S/C26H33N5O4/c1-17-11-12-21(13-18(17)2)35-16-20(32)15-31-22-23(29(4)26(34)30(5)24(22)33)27-25(31)28(3)14-19-9-7-6-8-10-19/h6-13,20,22-23,32H,14-16H2,1-5H3. The number of carbonyl (C=O) groups is 2. The number of imide groups is 1. The fraction of sp³-hybridized carbons (Fsp3) is 0.423. The molecule has 4 rings (SSSR count). The maximum absolute atomic E-state index is 13.2. The van der Waals surface area contributed by atoms with Gasteiger partial charge in [0.05, 0.1) is 6.54 Å². The molecule has 2 aromatic rings. The van der Waals surface area contributed by atoms with Gasteiger partial charge in [0, 0.05) is 27.7 Å². The molecule has 1 fully saturated rings. The molecule has 2 aliphatic rings. The summed E-state index contributed by atoms with van der Waals surface area (Å²) in [5, 5.41) is 10.9. The molecule has 3 amide bonds. The molecule has 0 bridgehead atoms. The van der Waals surface area contributed by atoms with Crippen LogP contribution in [0.4, 0.5) is 4.79 Å². The summed E-state index contributed by atoms with van der Waals surface area (Å²) in [6.07, 6.45) is -1.54. The zero-order valence-corrected chi connectivity index (χ0v) is 20.9. The number of guanidine groups is 1. The van der Waals surface area contributed by atoms with E-state index in [1.54, 1.807) is 11.9 Å². The van der Waals surface area contributed by atoms with Gasteiger partial charge in [-0.15, -0.1) is 0 Å². The van der Waals surface area contributed by atoms with Crippen LogP contribution in [0, 0.1) is 13.8 Å². The Morgan fingerprint density at radius 2 is 1.80 bits per heavy atom. The van der Waals surface area contributed by atoms with Crippen molar-refractivity contribution in [1.82, 2.24) is 19.6 Å². The number of aryl methyl sites for hydroxylation is 2. The van der Waals surface area contributed by atoms with Gasteiger partial charge in [0.2, 0.25) is 0 Å². The van der Waals surface area contributed by atoms with E-state index in [0.717, 1.165) is 16.0 Å². The van der Waals surface area contributed by atoms with Crippen LogP contribution in [0.2, 0.25) is 0 Å². The number of rotatable bonds is 7. The Labute approximate surface area is 206 Å². The molecule has 0 spiro atoms. The number of aliphatic hydroxyl groups is 1. The van der Waals surface area contributed by atoms with E-state index in [0.29, 0.717) is 18.3 Å². The van der Waals surface area contributed by atoms with Gasteiger partial charge in [-0.3, -0.25) is 9.69 Å². The second kappa shape index (κ2) is 9.95. The molecule has 2 aliphatic heterocycles. The quantitative estimate of drug-likeness (QED) is 0.654. The number of ether oxygens (including phenoxy) is 1. The van der Waals surface area contributed by atoms with Gasteiger partial charge in [-0.2, -0.15) is 0 Å². The van der Waals surface area contributed by atoms with Gasteiger partial charge >= 0.3 is 6.03 Å². The number of nitrogens with zero attached hydrogens (tertiary/aromatic N) is 5. The minimum atomic E-state index is -0.883. The topological polar surface area (TPSA) is 88.9 Å². The van der Waals surface area contributed by atoms with Crippen molar-refractivity contribution >= 4 is 17.9 Å². The highest BCUT2D eigenvalue weighted by Crippen LogP contribution is 2.29. The number of carbonyl (C=O) groups excluding carboxylic acids is 2. The molecule has 0 aromatic heterocycles. The highest BCUT2D eigenvalue weighted by Gasteiger charge is 2.52. The second-order valence-electron chi connectivity index (χ2n) is 9.28. The monoisotopic (exact) mass is 479 g/mol. The third-order valence-corrected chi connectivity index (χ3v) is 6.62. The van der Waals surface area contributed by atoms with Crippen LogP contribution >= 0.6 is 0 Å². The molecule has 2 heterocycles. The van der Waals surface area contributed by atoms with Crippen molar-refractivity contribution in [3.05, 3.63) is 65.2 Å². The molecule has 3 atom stereocenters. The van der Waals surface area contributed by atoms with Crippen molar-refractivity contribution in [2.45, 2.75) is 38.7 Å². The van der Waals surface area contributed by atoms with Crippen LogP contribution in [0.15, 0.2) is 53.5 Å². The Balaban J connectivity index is 1.54. The van der Waals surface area contributed by atoms with Crippen molar-refractivity contribution in [3.63, 3.8) is 0 Å². The first-order chi connectivity index (χ1) is 16.7. The molecule has 9 heteroatoms. The summed E-state index contributed by atoms with van der Waals surface area (Å²) in [4.78, 5) is 36.8. The highest BCUT2D eigenvalue weighted by atomic mass is 16.5. The minimum absolute atomic E-state index is 0.0604. The molecule has 2 aromatic carbocycles. The number of β-amino-alcohol motifs (C(OH)–C–C–N with tert-alkyl or cyclic N) is 1. The lowest BCUT2D eigenvalue weighted by atomic mass is 10.1. The number of aliphatic imine (C=N–C) groups is 1. The van der Waals surface area contributed by atoms with Gasteiger partial charge in [0.1, 0.15) is 18.5 Å². The summed E-state index contributed by atoms with van der Waals surface area (Å²) in [7, 11) is 5.01. The van der Waals surface area contributed by atoms with Gasteiger partial charge in [-0.25, -0.2) is 9.79 Å². The Morgan fingerprint density at radius 1 is 1.09 bits per heavy atom. The van der Waals surface area contributed by atoms with Gasteiger partial charge in [-0.1, -0.05) is 36.4 Å². The second-order valence-corrected chi connectivity index (χ2v) is 9.28. The SMILES string of the molecule is Cc1ccc(OCC(O)CN2C(N(C)Cc3ccccc3)=NC3C2C(=O)N(C)C(=O)N3C)cc1C. The zero-order valence-electron chi connectivity index (χ0n) is 20.9. The summed E-state index contributed by atoms with van der Waals surface area (Å²) in [6, 6.07) is 14.6. The summed E-state index contributed by atoms with van der Waals surface area (Å²) in [5.74, 6) is 0.893. The zero-order chi connectivity index (χ0) is 25.3. The van der Waals surface area contributed by atoms with Gasteiger partial charge in [0.25, 0.3) is 5.91 Å². The maximum atomic E-state index is 13.2. The molecule has 0 radical (unpaired) electrons. The van der Waals surface area contributed by atoms with Crippen LogP contribution in [0.5, 0.6) is 5.75 Å². The number of urea groups is 1. The van der Waals surface area contributed by atoms with Crippen molar-refractivity contribution in [2.75, 3.05) is 34.3 Å². The average Bonchev–Trinajstić information content (AvgIpc) is 3.22. The maximum Gasteiger partial charge on any atom is 0.328 e. The van der Waals surface area contributed by atoms with Gasteiger partial charge < -0.3 is 24.5 Å². The largest absolute Gasteiger partial charge is 0.491 e. The van der Waals surface area contributed by atoms with Gasteiger partial charge in [-0.05, 0) is 42.7 Å². The van der Waals surface area contributed by atoms with E-state index in [-0.39, 0.29) is 19.1 Å². The molecule has 3 unspecified atom stereocenters. The number of hydrogen-bond donors (Lipinski definition) is 1. The van der Waals surface area contributed by atoms with Crippen molar-refractivity contribution in [2.24, 2.45) is 4.99 Å². The van der Waals surface area contributed by atoms with E-state index in [2.05, 4.69) is 0 Å². The van der Waals surface area contributed by atoms with Crippen molar-refractivity contribution in [1.29, 1.82) is 0 Å². The van der Waals surface area contributed by atoms with E-state index in [1.807, 2.05) is 74.3 Å². The van der Waals surface area contributed by atoms with Crippen molar-refractivity contribution < 1.29 is 19.4 Å². The van der Waals surface area contributed by atoms with Crippen LogP contribution in [-0.4, -0.2) is 95.2 Å². The van der Waals surface area contributed by atoms with Crippen LogP contribution < -0.4 is 4.74 Å². The van der Waals surface area contributed by atoms with Crippen LogP contribution in [0.3, 0.4) is 0 Å². The summed E-state index contributed by atoms with van der Waals surface area (Å²) < 4.78 is 5.84. The molecular formula is C26H33N5O4. The number of amides is 3. The first kappa shape index (κ1) is 24.5. The summed E-state index contributed by atoms with van der Waals surface area (Å²) in [5.41, 5.74) is 3.36. The Morgan fingerprint density at radius 3 is 2.49 bits per heavy atom. The molecule has 186 valence electrons. The average molecular weight is 480 g/mol. The third-order valence-electron chi connectivity index (χ3n) is 6.62. The predicted octanol–water partition coefficient (Wildman–Crippen LogP) is 2.07. The van der Waals surface area contributed by atoms with Gasteiger partial charge in [0.15, 0.2) is 18.2 Å². The number of aliphatic hydroxyl groups excluding tert-OH is 1. The van der Waals surface area contributed by atoms with E-state index >= 15 is 0 Å². The smallest absolute Gasteiger partial charge is 0.328 e. The normalized spacial score (nSPS) is 20.6. The predicted molar refractivity (Wildman–Crippen MR) is 133 cm³/mol. The highest BCUT2D eigenvalue weighted by molar-refractivity contribution is 6.03. The van der Waals surface area contributed by atoms with E-state index in [1.165, 1.54) is 17.5 Å². The van der Waals surface area contributed by atoms with Crippen LogP contribution in [0.25, 0.3) is 0 Å². The fourth-order valence-corrected chi connectivity index (χ4v) is 4.47. The Bertz CT molecular complexity index is 1120. The Kier molecular flexibility index (Phi) is 6.98. The number of likely N-dealkylation sites (N-methyl/N-ethyl adjacent to an activating group) is 2. The molecular weight excluding hydrogens is 446 g/mol. The first-order valence-corrected chi connectivity index (χ1v) is 11.7. The molecule has 1 saturated heterocycles. The fourth-order valence-electron chi connectivity index (χ4n) is 4.47. The van der Waals surface area contributed by atoms with Crippen LogP contribution in [-0.2, 0) is 11.3 Å². The molecule has 9 nitrogen and oxygen atoms in total. The number of benzene rings is 2. The minimum Gasteiger partial charge on any atom is -0.491 e. The van der Waals surface area contributed by atoms with E-state index in [9.17, 15) is 14.7 Å². The number of fused-ring (bicyclic) bond motifs is 1. The number of hydrogen-bond acceptors (Lipinski definition) is 7. The van der Waals surface area contributed by atoms with Crippen molar-refractivity contribution in [3.8, 4) is 5.75 Å². The van der Waals surface area contributed by atoms with Crippen LogP contribution in [0.1, 0.15) is 16.7 Å². The summed E-state index contributed by atoms with van der Waals surface area (Å²) >= 11 is 0. The molecule has 35 heavy (non-hydrogen) atoms. The summed E-state index contributed by atoms with van der Waals surface area (Å²) in [6.45, 7) is 4.80. The first-order valence-electron chi connectivity index (χ1n) is 11.7. The molecule has 0 saturated carbocycles. The lowest BCUT2D eigenvalue weighted by Crippen LogP contribution is -2.65. The third kappa shape index (κ3) is 4.95.